The second-order valence-corrected chi connectivity index (χ2v) is 7.40. The van der Waals surface area contributed by atoms with Crippen molar-refractivity contribution in [1.82, 2.24) is 19.5 Å². The molecular weight excluding hydrogens is 358 g/mol. The van der Waals surface area contributed by atoms with Crippen LogP contribution >= 0.6 is 11.3 Å². The summed E-state index contributed by atoms with van der Waals surface area (Å²) in [6.07, 6.45) is 5.51. The first-order valence-electron chi connectivity index (χ1n) is 8.92. The maximum Gasteiger partial charge on any atom is 0.135 e. The van der Waals surface area contributed by atoms with Crippen molar-refractivity contribution in [2.75, 3.05) is 12.3 Å². The quantitative estimate of drug-likeness (QED) is 0.498. The minimum atomic E-state index is 0.500. The van der Waals surface area contributed by atoms with Crippen molar-refractivity contribution in [1.29, 1.82) is 0 Å². The normalized spacial score (nSPS) is 11.2. The number of thiophene rings is 1. The summed E-state index contributed by atoms with van der Waals surface area (Å²) in [5.41, 5.74) is 9.01. The highest BCUT2D eigenvalue weighted by Crippen LogP contribution is 2.38. The summed E-state index contributed by atoms with van der Waals surface area (Å²) >= 11 is 1.59. The fraction of sp³-hybridized carbons (Fsp3) is 0.250. The van der Waals surface area contributed by atoms with Gasteiger partial charge in [0.2, 0.25) is 0 Å². The second kappa shape index (κ2) is 7.36. The minimum Gasteiger partial charge on any atom is -0.494 e. The van der Waals surface area contributed by atoms with Gasteiger partial charge in [-0.05, 0) is 36.8 Å². The van der Waals surface area contributed by atoms with Crippen LogP contribution in [0.25, 0.3) is 32.0 Å². The topological polar surface area (TPSA) is 78.9 Å². The Morgan fingerprint density at radius 1 is 1.15 bits per heavy atom. The van der Waals surface area contributed by atoms with Crippen LogP contribution in [0.1, 0.15) is 19.8 Å². The number of hydrogen-bond acceptors (Lipinski definition) is 6. The third-order valence-electron chi connectivity index (χ3n) is 4.43. The van der Waals surface area contributed by atoms with Crippen molar-refractivity contribution in [3.63, 3.8) is 0 Å². The Morgan fingerprint density at radius 2 is 1.96 bits per heavy atom. The molecule has 4 aromatic rings. The van der Waals surface area contributed by atoms with E-state index in [9.17, 15) is 0 Å². The number of nitrogens with two attached hydrogens (primary N) is 1. The highest BCUT2D eigenvalue weighted by atomic mass is 32.1. The number of nitrogen functional groups attached to an aromatic ring is 1. The molecule has 138 valence electrons. The van der Waals surface area contributed by atoms with Gasteiger partial charge in [0.15, 0.2) is 0 Å². The van der Waals surface area contributed by atoms with Crippen LogP contribution in [0.3, 0.4) is 0 Å². The van der Waals surface area contributed by atoms with Crippen molar-refractivity contribution >= 4 is 27.4 Å². The lowest BCUT2D eigenvalue weighted by atomic mass is 10.1. The molecule has 0 saturated carbocycles. The van der Waals surface area contributed by atoms with Crippen LogP contribution in [0, 0.1) is 0 Å². The molecule has 0 amide bonds. The lowest BCUT2D eigenvalue weighted by Crippen LogP contribution is -1.96. The first-order chi connectivity index (χ1) is 13.2. The monoisotopic (exact) mass is 379 g/mol. The van der Waals surface area contributed by atoms with Gasteiger partial charge in [-0.3, -0.25) is 0 Å². The maximum absolute atomic E-state index is 6.00. The molecule has 3 heterocycles. The van der Waals surface area contributed by atoms with E-state index in [1.807, 2.05) is 36.1 Å². The van der Waals surface area contributed by atoms with E-state index in [1.165, 1.54) is 6.33 Å². The Balaban J connectivity index is 1.70. The maximum atomic E-state index is 6.00. The summed E-state index contributed by atoms with van der Waals surface area (Å²) in [7, 11) is 1.99. The lowest BCUT2D eigenvalue weighted by Gasteiger charge is -2.07. The van der Waals surface area contributed by atoms with Crippen molar-refractivity contribution in [2.45, 2.75) is 19.8 Å². The van der Waals surface area contributed by atoms with Crippen molar-refractivity contribution in [3.05, 3.63) is 43.0 Å². The smallest absolute Gasteiger partial charge is 0.135 e. The molecule has 0 aliphatic heterocycles. The summed E-state index contributed by atoms with van der Waals surface area (Å²) in [6, 6.07) is 10.1. The predicted molar refractivity (Wildman–Crippen MR) is 110 cm³/mol. The molecule has 3 aromatic heterocycles. The van der Waals surface area contributed by atoms with Gasteiger partial charge < -0.3 is 15.0 Å². The number of ether oxygens (including phenoxy) is 1. The van der Waals surface area contributed by atoms with Crippen LogP contribution in [0.2, 0.25) is 0 Å². The standard InChI is InChI=1S/C20H21N5OS/c1-3-4-9-26-14-7-5-13(6-8-14)17-18(25(2)12-24-17)16-10-15-19(21)22-11-23-20(15)27-16/h5-8,10-12H,3-4,9H2,1-2H3,(H2,21,22,23). The lowest BCUT2D eigenvalue weighted by molar-refractivity contribution is 0.309. The summed E-state index contributed by atoms with van der Waals surface area (Å²) in [5.74, 6) is 1.38. The molecule has 0 aliphatic carbocycles. The third kappa shape index (κ3) is 3.38. The Kier molecular flexibility index (Phi) is 4.77. The highest BCUT2D eigenvalue weighted by molar-refractivity contribution is 7.21. The number of rotatable bonds is 6. The zero-order valence-electron chi connectivity index (χ0n) is 15.3. The third-order valence-corrected chi connectivity index (χ3v) is 5.47. The number of nitrogens with zero attached hydrogens (tertiary/aromatic N) is 4. The van der Waals surface area contributed by atoms with E-state index in [-0.39, 0.29) is 0 Å². The molecule has 0 fully saturated rings. The zero-order valence-corrected chi connectivity index (χ0v) is 16.2. The number of fused-ring (bicyclic) bond motifs is 1. The zero-order chi connectivity index (χ0) is 18.8. The van der Waals surface area contributed by atoms with Gasteiger partial charge in [-0.2, -0.15) is 0 Å². The summed E-state index contributed by atoms with van der Waals surface area (Å²) in [4.78, 5) is 15.0. The number of hydrogen-bond donors (Lipinski definition) is 1. The second-order valence-electron chi connectivity index (χ2n) is 6.37. The number of benzene rings is 1. The summed E-state index contributed by atoms with van der Waals surface area (Å²) in [5, 5.41) is 0.879. The number of unbranched alkanes of at least 4 members (excludes halogenated alkanes) is 1. The van der Waals surface area contributed by atoms with Crippen LogP contribution in [-0.2, 0) is 7.05 Å². The molecule has 0 saturated heterocycles. The van der Waals surface area contributed by atoms with Crippen LogP contribution in [0.5, 0.6) is 5.75 Å². The van der Waals surface area contributed by atoms with Crippen molar-refractivity contribution < 1.29 is 4.74 Å². The van der Waals surface area contributed by atoms with Crippen LogP contribution < -0.4 is 10.5 Å². The number of aryl methyl sites for hydroxylation is 1. The number of aromatic nitrogens is 4. The summed E-state index contributed by atoms with van der Waals surface area (Å²) < 4.78 is 7.78. The predicted octanol–water partition coefficient (Wildman–Crippen LogP) is 4.52. The van der Waals surface area contributed by atoms with Crippen molar-refractivity contribution in [2.24, 2.45) is 7.05 Å². The van der Waals surface area contributed by atoms with E-state index in [1.54, 1.807) is 11.3 Å². The van der Waals surface area contributed by atoms with Crippen LogP contribution in [-0.4, -0.2) is 26.1 Å². The van der Waals surface area contributed by atoms with Crippen LogP contribution in [0.4, 0.5) is 5.82 Å². The first-order valence-corrected chi connectivity index (χ1v) is 9.74. The molecular formula is C20H21N5OS. The molecule has 7 heteroatoms. The molecule has 0 spiro atoms. The van der Waals surface area contributed by atoms with Gasteiger partial charge in [0.1, 0.15) is 22.7 Å². The average molecular weight is 379 g/mol. The van der Waals surface area contributed by atoms with Gasteiger partial charge in [-0.15, -0.1) is 11.3 Å². The first kappa shape index (κ1) is 17.5. The Bertz CT molecular complexity index is 1070. The Hall–Kier alpha value is -2.93. The molecule has 0 radical (unpaired) electrons. The molecule has 1 aromatic carbocycles. The molecule has 6 nitrogen and oxygen atoms in total. The van der Waals surface area contributed by atoms with E-state index < -0.39 is 0 Å². The number of anilines is 1. The van der Waals surface area contributed by atoms with Crippen LogP contribution in [0.15, 0.2) is 43.0 Å². The molecule has 27 heavy (non-hydrogen) atoms. The van der Waals surface area contributed by atoms with E-state index in [2.05, 4.69) is 34.0 Å². The molecule has 0 aliphatic rings. The van der Waals surface area contributed by atoms with Gasteiger partial charge >= 0.3 is 0 Å². The fourth-order valence-electron chi connectivity index (χ4n) is 2.97. The van der Waals surface area contributed by atoms with E-state index in [4.69, 9.17) is 10.5 Å². The highest BCUT2D eigenvalue weighted by Gasteiger charge is 2.17. The van der Waals surface area contributed by atoms with Gasteiger partial charge in [-0.25, -0.2) is 15.0 Å². The molecule has 0 bridgehead atoms. The Labute approximate surface area is 161 Å². The van der Waals surface area contributed by atoms with Gasteiger partial charge in [-0.1, -0.05) is 13.3 Å². The molecule has 2 N–H and O–H groups in total. The molecule has 0 atom stereocenters. The largest absolute Gasteiger partial charge is 0.494 e. The molecule has 0 unspecified atom stereocenters. The van der Waals surface area contributed by atoms with Gasteiger partial charge in [0.05, 0.1) is 34.6 Å². The average Bonchev–Trinajstić information content (AvgIpc) is 3.27. The molecule has 4 rings (SSSR count). The van der Waals surface area contributed by atoms with Crippen molar-refractivity contribution in [3.8, 4) is 27.6 Å². The Morgan fingerprint density at radius 3 is 2.70 bits per heavy atom. The van der Waals surface area contributed by atoms with E-state index in [0.29, 0.717) is 5.82 Å². The fourth-order valence-corrected chi connectivity index (χ4v) is 4.06. The van der Waals surface area contributed by atoms with E-state index in [0.717, 1.165) is 57.2 Å². The SMILES string of the molecule is CCCCOc1ccc(-c2ncn(C)c2-c2cc3c(N)ncnc3s2)cc1. The number of imidazole rings is 1. The van der Waals surface area contributed by atoms with Gasteiger partial charge in [0, 0.05) is 12.6 Å². The van der Waals surface area contributed by atoms with Gasteiger partial charge in [0.25, 0.3) is 0 Å². The van der Waals surface area contributed by atoms with E-state index >= 15 is 0 Å². The summed E-state index contributed by atoms with van der Waals surface area (Å²) in [6.45, 7) is 2.90. The minimum absolute atomic E-state index is 0.500.